The van der Waals surface area contributed by atoms with Crippen LogP contribution in [0.5, 0.6) is 0 Å². The fraction of sp³-hybridized carbons (Fsp3) is 0.714. The van der Waals surface area contributed by atoms with Crippen LogP contribution in [0.15, 0.2) is 24.3 Å². The Morgan fingerprint density at radius 3 is 2.21 bits per heavy atom. The third-order valence-corrected chi connectivity index (χ3v) is 6.22. The Morgan fingerprint density at radius 1 is 1.12 bits per heavy atom. The van der Waals surface area contributed by atoms with Crippen LogP contribution < -0.4 is 0 Å². The fourth-order valence-corrected chi connectivity index (χ4v) is 4.44. The topological polar surface area (TPSA) is 21.8 Å². The minimum atomic E-state index is 0.336. The number of benzene rings is 1. The summed E-state index contributed by atoms with van der Waals surface area (Å²) in [5.74, 6) is 1.73. The summed E-state index contributed by atoms with van der Waals surface area (Å²) in [6, 6.07) is 8.72. The van der Waals surface area contributed by atoms with Crippen LogP contribution in [0.1, 0.15) is 76.5 Å². The first-order valence-corrected chi connectivity index (χ1v) is 11.5. The van der Waals surface area contributed by atoms with Crippen LogP contribution in [-0.2, 0) is 7.42 Å². The molecule has 3 heteroatoms. The van der Waals surface area contributed by atoms with Gasteiger partial charge in [-0.25, -0.2) is 0 Å². The van der Waals surface area contributed by atoms with Gasteiger partial charge in [0.1, 0.15) is 0 Å². The van der Waals surface area contributed by atoms with E-state index in [1.54, 1.807) is 0 Å². The van der Waals surface area contributed by atoms with Crippen molar-refractivity contribution in [3.63, 3.8) is 0 Å². The van der Waals surface area contributed by atoms with Crippen molar-refractivity contribution in [1.82, 2.24) is 0 Å². The van der Waals surface area contributed by atoms with Gasteiger partial charge < -0.3 is 4.74 Å². The molecule has 0 amide bonds. The van der Waals surface area contributed by atoms with E-state index in [9.17, 15) is 0 Å². The molecule has 2 aliphatic rings. The van der Waals surface area contributed by atoms with E-state index >= 15 is 0 Å². The zero-order chi connectivity index (χ0) is 17.8. The van der Waals surface area contributed by atoms with Crippen LogP contribution in [0.4, 0.5) is 0 Å². The normalized spacial score (nSPS) is 19.1. The van der Waals surface area contributed by atoms with Gasteiger partial charge in [0.25, 0.3) is 0 Å². The molecule has 2 atom stereocenters. The van der Waals surface area contributed by atoms with Gasteiger partial charge in [0.2, 0.25) is 0 Å². The quantitative estimate of drug-likeness (QED) is 0.360. The first-order valence-electron chi connectivity index (χ1n) is 9.71. The number of aryl methyl sites for hydroxylation is 1. The Balaban J connectivity index is 0.000000503. The second kappa shape index (κ2) is 13.3. The van der Waals surface area contributed by atoms with Crippen molar-refractivity contribution in [3.8, 4) is 0 Å². The van der Waals surface area contributed by atoms with Gasteiger partial charge in [-0.2, -0.15) is 0 Å². The molecule has 1 aliphatic carbocycles. The number of hydrogen-bond donors (Lipinski definition) is 0. The van der Waals surface area contributed by atoms with E-state index in [1.165, 1.54) is 49.7 Å². The SMILES string of the molecule is C1CO1.CC.Cc1ccccc1C(CC(C)C1CCCCC1)[O][Tl]. The van der Waals surface area contributed by atoms with Crippen molar-refractivity contribution in [2.75, 3.05) is 13.2 Å². The molecule has 2 unspecified atom stereocenters. The molecule has 0 bridgehead atoms. The monoisotopic (exact) mass is 524 g/mol. The molecule has 0 spiro atoms. The summed E-state index contributed by atoms with van der Waals surface area (Å²) in [5, 5.41) is 0. The average molecular weight is 524 g/mol. The second-order valence-electron chi connectivity index (χ2n) is 6.70. The maximum absolute atomic E-state index is 5.95. The summed E-state index contributed by atoms with van der Waals surface area (Å²) in [4.78, 5) is 0. The van der Waals surface area contributed by atoms with Gasteiger partial charge in [0.15, 0.2) is 0 Å². The van der Waals surface area contributed by atoms with Crippen LogP contribution in [-0.4, -0.2) is 39.4 Å². The van der Waals surface area contributed by atoms with E-state index < -0.39 is 0 Å². The number of ether oxygens (including phenoxy) is 1. The standard InChI is InChI=1S/C17H25O.C2H4O.C2H6.Tl/c1-13-8-6-7-11-16(13)17(18)12-14(2)15-9-4-3-5-10-15;1-2-3-1;1-2;/h6-8,11,14-15,17H,3-5,9-10,12H2,1-2H3;1-2H2;1-2H3;/q-1;;;+1. The van der Waals surface area contributed by atoms with Crippen molar-refractivity contribution in [2.45, 2.75) is 72.3 Å². The van der Waals surface area contributed by atoms with Gasteiger partial charge in [-0.05, 0) is 0 Å². The van der Waals surface area contributed by atoms with E-state index in [1.807, 2.05) is 13.8 Å². The molecule has 0 aromatic heterocycles. The summed E-state index contributed by atoms with van der Waals surface area (Å²) in [7, 11) is 0. The van der Waals surface area contributed by atoms with Crippen molar-refractivity contribution in [2.24, 2.45) is 11.8 Å². The molecule has 1 aromatic rings. The number of rotatable bonds is 5. The summed E-state index contributed by atoms with van der Waals surface area (Å²) < 4.78 is 10.4. The van der Waals surface area contributed by atoms with Crippen LogP contribution in [0.2, 0.25) is 0 Å². The van der Waals surface area contributed by atoms with E-state index in [0.29, 0.717) is 32.3 Å². The molecule has 1 aliphatic heterocycles. The zero-order valence-corrected chi connectivity index (χ0v) is 20.6. The molecule has 1 heterocycles. The van der Waals surface area contributed by atoms with Gasteiger partial charge in [-0.1, -0.05) is 13.8 Å². The van der Waals surface area contributed by atoms with Gasteiger partial charge in [-0.15, -0.1) is 0 Å². The van der Waals surface area contributed by atoms with Crippen LogP contribution in [0, 0.1) is 18.8 Å². The first kappa shape index (κ1) is 22.1. The van der Waals surface area contributed by atoms with Gasteiger partial charge in [0.05, 0.1) is 13.2 Å². The predicted octanol–water partition coefficient (Wildman–Crippen LogP) is 5.79. The molecule has 24 heavy (non-hydrogen) atoms. The van der Waals surface area contributed by atoms with Crippen molar-refractivity contribution in [3.05, 3.63) is 35.4 Å². The Hall–Kier alpha value is 0.0621. The molecule has 2 nitrogen and oxygen atoms in total. The minimum absolute atomic E-state index is 0.336. The Kier molecular flexibility index (Phi) is 12.2. The fourth-order valence-electron chi connectivity index (χ4n) is 3.44. The molecule has 2 fully saturated rings. The first-order chi connectivity index (χ1) is 11.7. The summed E-state index contributed by atoms with van der Waals surface area (Å²) in [5.41, 5.74) is 2.79. The molecular weight excluding hydrogens is 489 g/mol. The molecule has 0 radical (unpaired) electrons. The summed E-state index contributed by atoms with van der Waals surface area (Å²) >= 11 is 0.619. The Labute approximate surface area is 166 Å². The van der Waals surface area contributed by atoms with E-state index in [-0.39, 0.29) is 0 Å². The van der Waals surface area contributed by atoms with Crippen molar-refractivity contribution >= 4 is 26.2 Å². The third-order valence-electron chi connectivity index (χ3n) is 4.94. The number of epoxide rings is 1. The number of hydrogen-bond acceptors (Lipinski definition) is 2. The van der Waals surface area contributed by atoms with E-state index in [2.05, 4.69) is 42.8 Å². The van der Waals surface area contributed by atoms with E-state index in [4.69, 9.17) is 2.69 Å². The van der Waals surface area contributed by atoms with Gasteiger partial charge in [0, 0.05) is 0 Å². The van der Waals surface area contributed by atoms with Gasteiger partial charge >= 0.3 is 135 Å². The molecule has 134 valence electrons. The maximum atomic E-state index is 5.95. The predicted molar refractivity (Wildman–Crippen MR) is 103 cm³/mol. The van der Waals surface area contributed by atoms with Crippen molar-refractivity contribution in [1.29, 1.82) is 0 Å². The van der Waals surface area contributed by atoms with Crippen LogP contribution >= 0.6 is 0 Å². The van der Waals surface area contributed by atoms with Crippen LogP contribution in [0.3, 0.4) is 0 Å². The van der Waals surface area contributed by atoms with E-state index in [0.717, 1.165) is 25.0 Å². The molecular formula is C21H35O2Tl. The molecule has 1 saturated heterocycles. The molecule has 1 aromatic carbocycles. The Bertz CT molecular complexity index is 425. The van der Waals surface area contributed by atoms with Gasteiger partial charge in [-0.3, -0.25) is 0 Å². The summed E-state index contributed by atoms with van der Waals surface area (Å²) in [6.45, 7) is 10.6. The van der Waals surface area contributed by atoms with Crippen LogP contribution in [0.25, 0.3) is 0 Å². The molecule has 1 saturated carbocycles. The Morgan fingerprint density at radius 2 is 1.71 bits per heavy atom. The molecule has 3 rings (SSSR count). The third kappa shape index (κ3) is 8.44. The molecule has 0 N–H and O–H groups in total. The second-order valence-corrected chi connectivity index (χ2v) is 7.76. The average Bonchev–Trinajstić information content (AvgIpc) is 3.52. The summed E-state index contributed by atoms with van der Waals surface area (Å²) in [6.07, 6.45) is 8.73. The zero-order valence-electron chi connectivity index (χ0n) is 16.1. The van der Waals surface area contributed by atoms with Crippen molar-refractivity contribution < 1.29 is 7.42 Å².